The van der Waals surface area contributed by atoms with E-state index in [-0.39, 0.29) is 6.10 Å². The molecule has 15 heavy (non-hydrogen) atoms. The Hall–Kier alpha value is -0.830. The molecule has 82 valence electrons. The van der Waals surface area contributed by atoms with Crippen LogP contribution in [0.5, 0.6) is 0 Å². The predicted molar refractivity (Wildman–Crippen MR) is 57.8 cm³/mol. The zero-order chi connectivity index (χ0) is 10.3. The number of imidazole rings is 1. The first-order chi connectivity index (χ1) is 7.34. The number of aliphatic hydroxyl groups excluding tert-OH is 1. The Morgan fingerprint density at radius 3 is 2.87 bits per heavy atom. The van der Waals surface area contributed by atoms with E-state index < -0.39 is 0 Å². The number of aromatic nitrogens is 2. The van der Waals surface area contributed by atoms with Crippen LogP contribution in [0.2, 0.25) is 0 Å². The van der Waals surface area contributed by atoms with E-state index in [2.05, 4.69) is 9.55 Å². The Bertz CT molecular complexity index is 353. The smallest absolute Gasteiger partial charge is 0.112 e. The summed E-state index contributed by atoms with van der Waals surface area (Å²) in [5.41, 5.74) is 1.32. The zero-order valence-electron chi connectivity index (χ0n) is 9.02. The highest BCUT2D eigenvalue weighted by Gasteiger charge is 2.26. The number of fused-ring (bicyclic) bond motifs is 1. The van der Waals surface area contributed by atoms with Gasteiger partial charge in [0.15, 0.2) is 0 Å². The van der Waals surface area contributed by atoms with Crippen LogP contribution in [0.3, 0.4) is 0 Å². The molecule has 0 radical (unpaired) electrons. The molecule has 1 saturated carbocycles. The van der Waals surface area contributed by atoms with E-state index in [0.717, 1.165) is 19.4 Å². The van der Waals surface area contributed by atoms with Crippen LogP contribution in [0.25, 0.3) is 0 Å². The van der Waals surface area contributed by atoms with Gasteiger partial charge in [0.05, 0.1) is 12.6 Å². The fourth-order valence-electron chi connectivity index (χ4n) is 2.96. The van der Waals surface area contributed by atoms with Gasteiger partial charge in [-0.3, -0.25) is 0 Å². The number of nitrogens with zero attached hydrogens (tertiary/aromatic N) is 2. The third-order valence-corrected chi connectivity index (χ3v) is 3.82. The molecular weight excluding hydrogens is 188 g/mol. The van der Waals surface area contributed by atoms with Crippen LogP contribution >= 0.6 is 0 Å². The van der Waals surface area contributed by atoms with Crippen molar-refractivity contribution in [2.45, 2.75) is 57.1 Å². The molecular formula is C12H18N2O. The number of rotatable bonds is 1. The van der Waals surface area contributed by atoms with E-state index in [1.54, 1.807) is 0 Å². The Morgan fingerprint density at radius 1 is 1.27 bits per heavy atom. The van der Waals surface area contributed by atoms with Gasteiger partial charge >= 0.3 is 0 Å². The largest absolute Gasteiger partial charge is 0.391 e. The lowest BCUT2D eigenvalue weighted by molar-refractivity contribution is 0.129. The number of hydrogen-bond donors (Lipinski definition) is 1. The summed E-state index contributed by atoms with van der Waals surface area (Å²) in [6, 6.07) is 0. The third kappa shape index (κ3) is 1.59. The lowest BCUT2D eigenvalue weighted by Gasteiger charge is -2.23. The number of hydrogen-bond acceptors (Lipinski definition) is 2. The van der Waals surface area contributed by atoms with Gasteiger partial charge in [-0.05, 0) is 25.7 Å². The fourth-order valence-corrected chi connectivity index (χ4v) is 2.96. The van der Waals surface area contributed by atoms with Crippen LogP contribution in [0.1, 0.15) is 49.5 Å². The molecule has 1 atom stereocenters. The SMILES string of the molecule is OC1CCc2cnc(C3CCCC3)n2C1. The summed E-state index contributed by atoms with van der Waals surface area (Å²) in [6.07, 6.45) is 8.99. The molecule has 2 aliphatic rings. The van der Waals surface area contributed by atoms with Gasteiger partial charge in [-0.1, -0.05) is 12.8 Å². The maximum absolute atomic E-state index is 9.69. The molecule has 1 N–H and O–H groups in total. The van der Waals surface area contributed by atoms with Crippen molar-refractivity contribution in [3.05, 3.63) is 17.7 Å². The molecule has 1 aliphatic heterocycles. The van der Waals surface area contributed by atoms with Crippen LogP contribution in [-0.2, 0) is 13.0 Å². The highest BCUT2D eigenvalue weighted by molar-refractivity contribution is 5.13. The van der Waals surface area contributed by atoms with E-state index in [0.29, 0.717) is 5.92 Å². The van der Waals surface area contributed by atoms with Gasteiger partial charge < -0.3 is 9.67 Å². The minimum Gasteiger partial charge on any atom is -0.391 e. The highest BCUT2D eigenvalue weighted by atomic mass is 16.3. The van der Waals surface area contributed by atoms with Crippen molar-refractivity contribution < 1.29 is 5.11 Å². The molecule has 0 amide bonds. The summed E-state index contributed by atoms with van der Waals surface area (Å²) in [4.78, 5) is 4.57. The molecule has 1 aliphatic carbocycles. The molecule has 3 nitrogen and oxygen atoms in total. The fraction of sp³-hybridized carbons (Fsp3) is 0.750. The first-order valence-electron chi connectivity index (χ1n) is 6.07. The molecule has 1 fully saturated rings. The molecule has 0 saturated heterocycles. The minimum absolute atomic E-state index is 0.160. The quantitative estimate of drug-likeness (QED) is 0.761. The summed E-state index contributed by atoms with van der Waals surface area (Å²) in [5.74, 6) is 1.89. The second-order valence-electron chi connectivity index (χ2n) is 4.89. The van der Waals surface area contributed by atoms with Gasteiger partial charge in [0.2, 0.25) is 0 Å². The summed E-state index contributed by atoms with van der Waals surface area (Å²) in [6.45, 7) is 0.765. The molecule has 2 heterocycles. The van der Waals surface area contributed by atoms with Crippen molar-refractivity contribution in [2.75, 3.05) is 0 Å². The predicted octanol–water partition coefficient (Wildman–Crippen LogP) is 1.85. The maximum Gasteiger partial charge on any atom is 0.112 e. The summed E-state index contributed by atoms with van der Waals surface area (Å²) in [5, 5.41) is 9.69. The Morgan fingerprint density at radius 2 is 2.07 bits per heavy atom. The molecule has 0 spiro atoms. The van der Waals surface area contributed by atoms with Crippen molar-refractivity contribution in [2.24, 2.45) is 0 Å². The van der Waals surface area contributed by atoms with E-state index in [1.807, 2.05) is 6.20 Å². The van der Waals surface area contributed by atoms with Gasteiger partial charge in [-0.15, -0.1) is 0 Å². The molecule has 1 aromatic rings. The lowest BCUT2D eigenvalue weighted by Crippen LogP contribution is -2.25. The van der Waals surface area contributed by atoms with Gasteiger partial charge in [0.25, 0.3) is 0 Å². The topological polar surface area (TPSA) is 38.1 Å². The van der Waals surface area contributed by atoms with Crippen molar-refractivity contribution in [3.8, 4) is 0 Å². The Labute approximate surface area is 90.1 Å². The van der Waals surface area contributed by atoms with Gasteiger partial charge in [0, 0.05) is 17.8 Å². The molecule has 0 bridgehead atoms. The second-order valence-corrected chi connectivity index (χ2v) is 4.89. The first kappa shape index (κ1) is 9.40. The van der Waals surface area contributed by atoms with Crippen LogP contribution in [0.15, 0.2) is 6.20 Å². The zero-order valence-corrected chi connectivity index (χ0v) is 9.02. The third-order valence-electron chi connectivity index (χ3n) is 3.82. The molecule has 3 heteroatoms. The average Bonchev–Trinajstić information content (AvgIpc) is 2.83. The normalized spacial score (nSPS) is 26.9. The monoisotopic (exact) mass is 206 g/mol. The van der Waals surface area contributed by atoms with Crippen molar-refractivity contribution in [1.29, 1.82) is 0 Å². The maximum atomic E-state index is 9.69. The van der Waals surface area contributed by atoms with E-state index in [1.165, 1.54) is 37.2 Å². The summed E-state index contributed by atoms with van der Waals surface area (Å²) < 4.78 is 2.27. The second kappa shape index (κ2) is 3.63. The average molecular weight is 206 g/mol. The Balaban J connectivity index is 1.92. The lowest BCUT2D eigenvalue weighted by atomic mass is 10.1. The molecule has 1 aromatic heterocycles. The van der Waals surface area contributed by atoms with Gasteiger partial charge in [-0.2, -0.15) is 0 Å². The van der Waals surface area contributed by atoms with Crippen LogP contribution < -0.4 is 0 Å². The summed E-state index contributed by atoms with van der Waals surface area (Å²) >= 11 is 0. The number of aliphatic hydroxyl groups is 1. The van der Waals surface area contributed by atoms with E-state index in [4.69, 9.17) is 0 Å². The molecule has 1 unspecified atom stereocenters. The molecule has 3 rings (SSSR count). The van der Waals surface area contributed by atoms with E-state index >= 15 is 0 Å². The minimum atomic E-state index is -0.160. The highest BCUT2D eigenvalue weighted by Crippen LogP contribution is 2.34. The molecule has 0 aromatic carbocycles. The van der Waals surface area contributed by atoms with Crippen LogP contribution in [0.4, 0.5) is 0 Å². The standard InChI is InChI=1S/C12H18N2O/c15-11-6-5-10-7-13-12(14(10)8-11)9-3-1-2-4-9/h7,9,11,15H,1-6,8H2. The first-order valence-corrected chi connectivity index (χ1v) is 6.07. The van der Waals surface area contributed by atoms with Crippen molar-refractivity contribution >= 4 is 0 Å². The number of aryl methyl sites for hydroxylation is 1. The summed E-state index contributed by atoms with van der Waals surface area (Å²) in [7, 11) is 0. The van der Waals surface area contributed by atoms with Gasteiger partial charge in [-0.25, -0.2) is 4.98 Å². The van der Waals surface area contributed by atoms with Crippen LogP contribution in [-0.4, -0.2) is 20.8 Å². The van der Waals surface area contributed by atoms with Crippen LogP contribution in [0, 0.1) is 0 Å². The van der Waals surface area contributed by atoms with Crippen molar-refractivity contribution in [1.82, 2.24) is 9.55 Å². The van der Waals surface area contributed by atoms with Crippen molar-refractivity contribution in [3.63, 3.8) is 0 Å². The van der Waals surface area contributed by atoms with E-state index in [9.17, 15) is 5.11 Å². The van der Waals surface area contributed by atoms with Gasteiger partial charge in [0.1, 0.15) is 5.82 Å². The Kier molecular flexibility index (Phi) is 2.28.